The van der Waals surface area contributed by atoms with E-state index in [-0.39, 0.29) is 0 Å². The fourth-order valence-electron chi connectivity index (χ4n) is 1.27. The molecule has 0 aliphatic rings. The van der Waals surface area contributed by atoms with Gasteiger partial charge in [-0.1, -0.05) is 19.1 Å². The van der Waals surface area contributed by atoms with Crippen LogP contribution in [0, 0.1) is 0 Å². The summed E-state index contributed by atoms with van der Waals surface area (Å²) in [5.41, 5.74) is 6.38. The normalized spacial score (nSPS) is 10.7. The van der Waals surface area contributed by atoms with Gasteiger partial charge in [0.05, 0.1) is 6.61 Å². The molecular weight excluding hydrogens is 216 g/mol. The molecule has 0 saturated carbocycles. The molecule has 3 N–H and O–H groups in total. The Kier molecular flexibility index (Phi) is 5.85. The number of hydrogen-bond acceptors (Lipinski definition) is 5. The lowest BCUT2D eigenvalue weighted by Crippen LogP contribution is -2.09. The van der Waals surface area contributed by atoms with E-state index in [1.165, 1.54) is 6.33 Å². The van der Waals surface area contributed by atoms with Gasteiger partial charge in [-0.25, -0.2) is 4.98 Å². The van der Waals surface area contributed by atoms with E-state index < -0.39 is 0 Å². The van der Waals surface area contributed by atoms with Crippen LogP contribution in [-0.4, -0.2) is 23.1 Å². The molecule has 0 aliphatic carbocycles. The number of rotatable bonds is 7. The van der Waals surface area contributed by atoms with Crippen LogP contribution in [0.3, 0.4) is 0 Å². The predicted molar refractivity (Wildman–Crippen MR) is 70.2 cm³/mol. The monoisotopic (exact) mass is 236 g/mol. The van der Waals surface area contributed by atoms with E-state index in [0.29, 0.717) is 24.0 Å². The maximum Gasteiger partial charge on any atom is 0.242 e. The first kappa shape index (κ1) is 13.3. The third-order valence-electron chi connectivity index (χ3n) is 2.13. The number of nitrogens with two attached hydrogens (primary N) is 1. The molecule has 0 amide bonds. The molecule has 5 nitrogen and oxygen atoms in total. The molecule has 0 unspecified atom stereocenters. The van der Waals surface area contributed by atoms with Crippen LogP contribution in [0.25, 0.3) is 0 Å². The van der Waals surface area contributed by atoms with Gasteiger partial charge in [0.15, 0.2) is 5.82 Å². The van der Waals surface area contributed by atoms with Gasteiger partial charge in [-0.3, -0.25) is 0 Å². The van der Waals surface area contributed by atoms with Gasteiger partial charge in [0.1, 0.15) is 12.0 Å². The minimum Gasteiger partial charge on any atom is -0.476 e. The molecular formula is C12H20N4O. The van der Waals surface area contributed by atoms with Crippen LogP contribution in [-0.2, 0) is 0 Å². The van der Waals surface area contributed by atoms with E-state index in [9.17, 15) is 0 Å². The first-order valence-electron chi connectivity index (χ1n) is 5.87. The van der Waals surface area contributed by atoms with Crippen LogP contribution in [0.2, 0.25) is 0 Å². The zero-order chi connectivity index (χ0) is 12.5. The van der Waals surface area contributed by atoms with Crippen molar-refractivity contribution in [3.8, 4) is 5.88 Å². The summed E-state index contributed by atoms with van der Waals surface area (Å²) >= 11 is 0. The van der Waals surface area contributed by atoms with Crippen molar-refractivity contribution < 1.29 is 4.74 Å². The highest BCUT2D eigenvalue weighted by Gasteiger charge is 2.07. The zero-order valence-electron chi connectivity index (χ0n) is 10.4. The second kappa shape index (κ2) is 7.49. The highest BCUT2D eigenvalue weighted by Crippen LogP contribution is 2.24. The van der Waals surface area contributed by atoms with Crippen LogP contribution in [0.5, 0.6) is 5.88 Å². The molecule has 0 bridgehead atoms. The van der Waals surface area contributed by atoms with Crippen LogP contribution in [0.1, 0.15) is 26.7 Å². The van der Waals surface area contributed by atoms with E-state index in [4.69, 9.17) is 10.5 Å². The summed E-state index contributed by atoms with van der Waals surface area (Å²) in [6.07, 6.45) is 7.41. The molecule has 94 valence electrons. The van der Waals surface area contributed by atoms with Crippen molar-refractivity contribution in [2.45, 2.75) is 26.7 Å². The Morgan fingerprint density at radius 2 is 2.29 bits per heavy atom. The van der Waals surface area contributed by atoms with Crippen molar-refractivity contribution in [2.24, 2.45) is 0 Å². The lowest BCUT2D eigenvalue weighted by molar-refractivity contribution is 0.306. The highest BCUT2D eigenvalue weighted by atomic mass is 16.5. The van der Waals surface area contributed by atoms with Crippen LogP contribution < -0.4 is 15.8 Å². The predicted octanol–water partition coefficient (Wildman–Crippen LogP) is 2.23. The van der Waals surface area contributed by atoms with Crippen molar-refractivity contribution in [3.05, 3.63) is 18.5 Å². The Bertz CT molecular complexity index is 366. The highest BCUT2D eigenvalue weighted by molar-refractivity contribution is 5.66. The molecule has 1 heterocycles. The first-order chi connectivity index (χ1) is 8.29. The van der Waals surface area contributed by atoms with Crippen molar-refractivity contribution in [1.82, 2.24) is 9.97 Å². The summed E-state index contributed by atoms with van der Waals surface area (Å²) in [5.74, 6) is 1.09. The summed E-state index contributed by atoms with van der Waals surface area (Å²) in [6.45, 7) is 5.43. The first-order valence-corrected chi connectivity index (χ1v) is 5.87. The Morgan fingerprint density at radius 3 is 3.00 bits per heavy atom. The number of allylic oxidation sites excluding steroid dienone is 1. The molecule has 1 aromatic rings. The quantitative estimate of drug-likeness (QED) is 0.561. The number of ether oxygens (including phenoxy) is 1. The van der Waals surface area contributed by atoms with E-state index in [1.54, 1.807) is 0 Å². The van der Waals surface area contributed by atoms with Crippen molar-refractivity contribution in [3.63, 3.8) is 0 Å². The molecule has 5 heteroatoms. The van der Waals surface area contributed by atoms with Crippen LogP contribution in [0.15, 0.2) is 18.5 Å². The Balaban J connectivity index is 2.59. The summed E-state index contributed by atoms with van der Waals surface area (Å²) < 4.78 is 5.42. The van der Waals surface area contributed by atoms with Gasteiger partial charge < -0.3 is 15.8 Å². The third kappa shape index (κ3) is 4.30. The minimum atomic E-state index is 0.454. The Morgan fingerprint density at radius 1 is 1.47 bits per heavy atom. The van der Waals surface area contributed by atoms with E-state index in [2.05, 4.69) is 21.4 Å². The molecule has 0 spiro atoms. The van der Waals surface area contributed by atoms with Gasteiger partial charge in [0, 0.05) is 6.54 Å². The number of nitrogens with one attached hydrogen (secondary N) is 1. The SMILES string of the molecule is C/C=C/CCNc1ncnc(OCCC)c1N. The van der Waals surface area contributed by atoms with Gasteiger partial charge in [0.2, 0.25) is 5.88 Å². The number of aromatic nitrogens is 2. The zero-order valence-corrected chi connectivity index (χ0v) is 10.4. The summed E-state index contributed by atoms with van der Waals surface area (Å²) in [4.78, 5) is 8.10. The van der Waals surface area contributed by atoms with Crippen molar-refractivity contribution in [2.75, 3.05) is 24.2 Å². The molecule has 0 aliphatic heterocycles. The van der Waals surface area contributed by atoms with Crippen molar-refractivity contribution in [1.29, 1.82) is 0 Å². The smallest absolute Gasteiger partial charge is 0.242 e. The fourth-order valence-corrected chi connectivity index (χ4v) is 1.27. The second-order valence-electron chi connectivity index (χ2n) is 3.57. The molecule has 0 saturated heterocycles. The third-order valence-corrected chi connectivity index (χ3v) is 2.13. The number of anilines is 2. The number of nitrogens with zero attached hydrogens (tertiary/aromatic N) is 2. The largest absolute Gasteiger partial charge is 0.476 e. The van der Waals surface area contributed by atoms with Gasteiger partial charge in [-0.2, -0.15) is 4.98 Å². The van der Waals surface area contributed by atoms with Crippen LogP contribution in [0.4, 0.5) is 11.5 Å². The average molecular weight is 236 g/mol. The lowest BCUT2D eigenvalue weighted by Gasteiger charge is -2.10. The van der Waals surface area contributed by atoms with Gasteiger partial charge >= 0.3 is 0 Å². The van der Waals surface area contributed by atoms with Gasteiger partial charge in [-0.05, 0) is 19.8 Å². The number of hydrogen-bond donors (Lipinski definition) is 2. The second-order valence-corrected chi connectivity index (χ2v) is 3.57. The summed E-state index contributed by atoms with van der Waals surface area (Å²) in [6, 6.07) is 0. The van der Waals surface area contributed by atoms with Crippen LogP contribution >= 0.6 is 0 Å². The van der Waals surface area contributed by atoms with E-state index in [0.717, 1.165) is 19.4 Å². The molecule has 0 fully saturated rings. The topological polar surface area (TPSA) is 73.1 Å². The molecule has 0 radical (unpaired) electrons. The summed E-state index contributed by atoms with van der Waals surface area (Å²) in [5, 5.41) is 3.16. The fraction of sp³-hybridized carbons (Fsp3) is 0.500. The van der Waals surface area contributed by atoms with E-state index in [1.807, 2.05) is 19.9 Å². The van der Waals surface area contributed by atoms with Gasteiger partial charge in [0.25, 0.3) is 0 Å². The molecule has 17 heavy (non-hydrogen) atoms. The van der Waals surface area contributed by atoms with Gasteiger partial charge in [-0.15, -0.1) is 0 Å². The number of nitrogen functional groups attached to an aromatic ring is 1. The molecule has 1 rings (SSSR count). The molecule has 1 aromatic heterocycles. The van der Waals surface area contributed by atoms with E-state index >= 15 is 0 Å². The van der Waals surface area contributed by atoms with Crippen molar-refractivity contribution >= 4 is 11.5 Å². The molecule has 0 aromatic carbocycles. The minimum absolute atomic E-state index is 0.454. The lowest BCUT2D eigenvalue weighted by atomic mass is 10.3. The molecule has 0 atom stereocenters. The standard InChI is InChI=1S/C12H20N4O/c1-3-5-6-7-14-11-10(13)12(16-9-15-11)17-8-4-2/h3,5,9H,4,6-8,13H2,1-2H3,(H,14,15,16)/b5-3+. The Labute approximate surface area is 102 Å². The maximum absolute atomic E-state index is 5.91. The average Bonchev–Trinajstić information content (AvgIpc) is 2.35. The Hall–Kier alpha value is -1.78. The maximum atomic E-state index is 5.91. The summed E-state index contributed by atoms with van der Waals surface area (Å²) in [7, 11) is 0.